The number of hydrogen-bond donors (Lipinski definition) is 2. The van der Waals surface area contributed by atoms with Gasteiger partial charge in [-0.05, 0) is 25.0 Å². The standard InChI is InChI=1S/C25H29NO2/c1-19-13-15-23(16-14-19)25(22-11-7-4-8-12-22)28-18-24(27)17-26-20(2)21-9-5-3-6-10-21/h3-16,20,24-27H,17-18H2,1-2H3/p+1/t20-,24-,25+/m0/s1. The molecule has 0 fully saturated rings. The first-order valence-corrected chi connectivity index (χ1v) is 9.93. The fourth-order valence-corrected chi connectivity index (χ4v) is 3.28. The number of hydrogen-bond acceptors (Lipinski definition) is 2. The molecule has 28 heavy (non-hydrogen) atoms. The van der Waals surface area contributed by atoms with Crippen LogP contribution in [0.5, 0.6) is 0 Å². The van der Waals surface area contributed by atoms with E-state index in [1.54, 1.807) is 0 Å². The molecule has 3 rings (SSSR count). The largest absolute Gasteiger partial charge is 0.385 e. The van der Waals surface area contributed by atoms with E-state index in [2.05, 4.69) is 67.7 Å². The zero-order valence-corrected chi connectivity index (χ0v) is 16.7. The molecule has 3 N–H and O–H groups in total. The number of rotatable bonds is 9. The first-order chi connectivity index (χ1) is 13.6. The maximum absolute atomic E-state index is 10.5. The van der Waals surface area contributed by atoms with Crippen LogP contribution in [0.25, 0.3) is 0 Å². The van der Waals surface area contributed by atoms with Gasteiger partial charge >= 0.3 is 0 Å². The van der Waals surface area contributed by atoms with Crippen molar-refractivity contribution in [3.63, 3.8) is 0 Å². The minimum Gasteiger partial charge on any atom is -0.385 e. The van der Waals surface area contributed by atoms with Crippen LogP contribution in [-0.2, 0) is 4.74 Å². The van der Waals surface area contributed by atoms with Crippen LogP contribution in [0.3, 0.4) is 0 Å². The number of nitrogens with two attached hydrogens (primary N) is 1. The molecule has 0 saturated heterocycles. The number of aryl methyl sites for hydroxylation is 1. The van der Waals surface area contributed by atoms with Gasteiger partial charge < -0.3 is 15.2 Å². The van der Waals surface area contributed by atoms with E-state index in [0.717, 1.165) is 11.1 Å². The van der Waals surface area contributed by atoms with Crippen LogP contribution >= 0.6 is 0 Å². The lowest BCUT2D eigenvalue weighted by molar-refractivity contribution is -0.698. The van der Waals surface area contributed by atoms with Crippen molar-refractivity contribution in [2.45, 2.75) is 32.1 Å². The van der Waals surface area contributed by atoms with Gasteiger partial charge in [-0.1, -0.05) is 90.5 Å². The summed E-state index contributed by atoms with van der Waals surface area (Å²) in [6.07, 6.45) is -0.703. The minimum atomic E-state index is -0.525. The summed E-state index contributed by atoms with van der Waals surface area (Å²) in [7, 11) is 0. The molecular weight excluding hydrogens is 346 g/mol. The van der Waals surface area contributed by atoms with Gasteiger partial charge in [0.15, 0.2) is 0 Å². The van der Waals surface area contributed by atoms with Gasteiger partial charge in [0.2, 0.25) is 0 Å². The Labute approximate surface area is 168 Å². The molecule has 0 spiro atoms. The summed E-state index contributed by atoms with van der Waals surface area (Å²) >= 11 is 0. The molecule has 0 aliphatic rings. The Morgan fingerprint density at radius 2 is 1.32 bits per heavy atom. The first-order valence-electron chi connectivity index (χ1n) is 9.93. The molecule has 3 heteroatoms. The summed E-state index contributed by atoms with van der Waals surface area (Å²) < 4.78 is 6.18. The second kappa shape index (κ2) is 10.2. The van der Waals surface area contributed by atoms with Crippen molar-refractivity contribution < 1.29 is 15.2 Å². The molecule has 0 radical (unpaired) electrons. The van der Waals surface area contributed by atoms with Gasteiger partial charge in [-0.15, -0.1) is 0 Å². The van der Waals surface area contributed by atoms with E-state index < -0.39 is 6.10 Å². The van der Waals surface area contributed by atoms with Crippen LogP contribution in [0, 0.1) is 6.92 Å². The lowest BCUT2D eigenvalue weighted by Gasteiger charge is -2.21. The second-order valence-corrected chi connectivity index (χ2v) is 7.36. The van der Waals surface area contributed by atoms with Crippen LogP contribution in [0.1, 0.15) is 41.3 Å². The molecule has 0 aliphatic heterocycles. The minimum absolute atomic E-state index is 0.178. The average Bonchev–Trinajstić information content (AvgIpc) is 2.75. The Bertz CT molecular complexity index is 818. The highest BCUT2D eigenvalue weighted by atomic mass is 16.5. The molecule has 0 heterocycles. The molecule has 0 amide bonds. The van der Waals surface area contributed by atoms with E-state index in [4.69, 9.17) is 4.74 Å². The van der Waals surface area contributed by atoms with Crippen LogP contribution in [0.2, 0.25) is 0 Å². The molecular formula is C25H30NO2+. The van der Waals surface area contributed by atoms with E-state index >= 15 is 0 Å². The summed E-state index contributed by atoms with van der Waals surface area (Å²) in [6, 6.07) is 29.2. The molecule has 3 atom stereocenters. The lowest BCUT2D eigenvalue weighted by Crippen LogP contribution is -2.87. The molecule has 146 valence electrons. The fourth-order valence-electron chi connectivity index (χ4n) is 3.28. The number of ether oxygens (including phenoxy) is 1. The van der Waals surface area contributed by atoms with Crippen LogP contribution in [-0.4, -0.2) is 24.4 Å². The Hall–Kier alpha value is -2.46. The molecule has 0 aromatic heterocycles. The van der Waals surface area contributed by atoms with Crippen molar-refractivity contribution in [2.75, 3.05) is 13.2 Å². The molecule has 0 bridgehead atoms. The third-order valence-corrected chi connectivity index (χ3v) is 5.02. The Morgan fingerprint density at radius 3 is 1.93 bits per heavy atom. The first kappa shape index (κ1) is 20.3. The maximum Gasteiger partial charge on any atom is 0.126 e. The molecule has 0 saturated carbocycles. The fraction of sp³-hybridized carbons (Fsp3) is 0.280. The molecule has 0 aliphatic carbocycles. The number of benzene rings is 3. The molecule has 3 nitrogen and oxygen atoms in total. The van der Waals surface area contributed by atoms with Crippen molar-refractivity contribution in [1.29, 1.82) is 0 Å². The Balaban J connectivity index is 1.59. The smallest absolute Gasteiger partial charge is 0.126 e. The van der Waals surface area contributed by atoms with Gasteiger partial charge in [0, 0.05) is 5.56 Å². The van der Waals surface area contributed by atoms with Gasteiger partial charge in [-0.25, -0.2) is 0 Å². The number of aliphatic hydroxyl groups excluding tert-OH is 1. The monoisotopic (exact) mass is 376 g/mol. The van der Waals surface area contributed by atoms with Gasteiger partial charge in [0.25, 0.3) is 0 Å². The van der Waals surface area contributed by atoms with Crippen LogP contribution < -0.4 is 5.32 Å². The van der Waals surface area contributed by atoms with E-state index in [9.17, 15) is 5.11 Å². The highest BCUT2D eigenvalue weighted by Crippen LogP contribution is 2.26. The predicted molar refractivity (Wildman–Crippen MR) is 113 cm³/mol. The highest BCUT2D eigenvalue weighted by Gasteiger charge is 2.18. The summed E-state index contributed by atoms with van der Waals surface area (Å²) in [5.74, 6) is 0. The van der Waals surface area contributed by atoms with Gasteiger partial charge in [-0.3, -0.25) is 0 Å². The normalized spacial score (nSPS) is 14.4. The van der Waals surface area contributed by atoms with Crippen molar-refractivity contribution in [1.82, 2.24) is 0 Å². The summed E-state index contributed by atoms with van der Waals surface area (Å²) in [5.41, 5.74) is 4.68. The second-order valence-electron chi connectivity index (χ2n) is 7.36. The third kappa shape index (κ3) is 5.77. The van der Waals surface area contributed by atoms with E-state index in [-0.39, 0.29) is 6.10 Å². The van der Waals surface area contributed by atoms with E-state index in [0.29, 0.717) is 19.2 Å². The van der Waals surface area contributed by atoms with Gasteiger partial charge in [-0.2, -0.15) is 0 Å². The van der Waals surface area contributed by atoms with E-state index in [1.807, 2.05) is 36.4 Å². The number of aliphatic hydroxyl groups is 1. The summed E-state index contributed by atoms with van der Waals surface area (Å²) in [4.78, 5) is 0. The lowest BCUT2D eigenvalue weighted by atomic mass is 10.0. The van der Waals surface area contributed by atoms with E-state index in [1.165, 1.54) is 11.1 Å². The van der Waals surface area contributed by atoms with Crippen molar-refractivity contribution >= 4 is 0 Å². The van der Waals surface area contributed by atoms with Crippen molar-refractivity contribution in [3.05, 3.63) is 107 Å². The molecule has 3 aromatic carbocycles. The maximum atomic E-state index is 10.5. The molecule has 3 aromatic rings. The zero-order chi connectivity index (χ0) is 19.8. The van der Waals surface area contributed by atoms with Crippen LogP contribution in [0.4, 0.5) is 0 Å². The summed E-state index contributed by atoms with van der Waals surface area (Å²) in [5, 5.41) is 12.6. The van der Waals surface area contributed by atoms with Crippen molar-refractivity contribution in [3.8, 4) is 0 Å². The Morgan fingerprint density at radius 1 is 0.786 bits per heavy atom. The SMILES string of the molecule is Cc1ccc([C@H](OC[C@@H](O)C[NH2+][C@@H](C)c2ccccc2)c2ccccc2)cc1. The van der Waals surface area contributed by atoms with Gasteiger partial charge in [0.1, 0.15) is 24.8 Å². The predicted octanol–water partition coefficient (Wildman–Crippen LogP) is 3.79. The highest BCUT2D eigenvalue weighted by molar-refractivity contribution is 5.31. The number of quaternary nitrogens is 1. The zero-order valence-electron chi connectivity index (χ0n) is 16.7. The topological polar surface area (TPSA) is 46.1 Å². The quantitative estimate of drug-likeness (QED) is 0.597. The third-order valence-electron chi connectivity index (χ3n) is 5.02. The average molecular weight is 377 g/mol. The molecule has 0 unspecified atom stereocenters. The van der Waals surface area contributed by atoms with Crippen LogP contribution in [0.15, 0.2) is 84.9 Å². The van der Waals surface area contributed by atoms with Crippen molar-refractivity contribution in [2.24, 2.45) is 0 Å². The Kier molecular flexibility index (Phi) is 7.38. The summed E-state index contributed by atoms with van der Waals surface area (Å²) in [6.45, 7) is 5.13. The van der Waals surface area contributed by atoms with Gasteiger partial charge in [0.05, 0.1) is 6.61 Å².